The first-order valence-corrected chi connectivity index (χ1v) is 31.0. The van der Waals surface area contributed by atoms with E-state index in [4.69, 9.17) is 71.9 Å². The molecule has 12 nitrogen and oxygen atoms in total. The smallest absolute Gasteiger partial charge is 0.238 e. The third kappa shape index (κ3) is 9.03. The van der Waals surface area contributed by atoms with Crippen LogP contribution in [0.5, 0.6) is 0 Å². The van der Waals surface area contributed by atoms with Gasteiger partial charge in [0.15, 0.2) is 23.3 Å². The fraction of sp³-hybridized carbons (Fsp3) is 0. The molecule has 0 saturated heterocycles. The molecule has 0 aliphatic heterocycles. The van der Waals surface area contributed by atoms with E-state index < -0.39 is 245 Å². The average Bonchev–Trinajstić information content (AvgIpc) is 1.52. The van der Waals surface area contributed by atoms with Crippen molar-refractivity contribution in [3.8, 4) is 79.7 Å². The molecular weight excluding hydrogens is 1260 g/mol. The van der Waals surface area contributed by atoms with Crippen LogP contribution >= 0.6 is 0 Å². The van der Waals surface area contributed by atoms with Crippen molar-refractivity contribution < 1.29 is 67.0 Å². The van der Waals surface area contributed by atoms with Crippen LogP contribution in [0.25, 0.3) is 211 Å². The van der Waals surface area contributed by atoms with Gasteiger partial charge in [-0.1, -0.05) is 230 Å². The molecule has 0 unspecified atom stereocenters. The molecule has 0 atom stereocenters. The van der Waals surface area contributed by atoms with Crippen molar-refractivity contribution in [1.82, 2.24) is 39.0 Å². The summed E-state index contributed by atoms with van der Waals surface area (Å²) in [5.41, 5.74) is -2.76. The molecule has 12 heteroatoms. The highest BCUT2D eigenvalue weighted by Gasteiger charge is 2.26. The number of fused-ring (bicyclic) bond motifs is 20. The summed E-state index contributed by atoms with van der Waals surface area (Å²) < 4.78 is 344. The molecule has 0 fully saturated rings. The summed E-state index contributed by atoms with van der Waals surface area (Å²) in [5.74, 6) is -1.29. The molecule has 8 heterocycles. The first-order valence-electron chi connectivity index (χ1n) is 49.0. The van der Waals surface area contributed by atoms with Gasteiger partial charge in [-0.2, -0.15) is 19.9 Å². The number of rotatable bonds is 8. The Balaban J connectivity index is 0.000000165. The lowest BCUT2D eigenvalue weighted by Gasteiger charge is -2.11. The molecule has 102 heavy (non-hydrogen) atoms. The number of para-hydroxylation sites is 4. The van der Waals surface area contributed by atoms with E-state index in [1.165, 1.54) is 4.57 Å². The second kappa shape index (κ2) is 22.7. The maximum absolute atomic E-state index is 9.61. The molecule has 0 saturated carbocycles. The second-order valence-electron chi connectivity index (χ2n) is 22.9. The second-order valence-corrected chi connectivity index (χ2v) is 22.9. The Morgan fingerprint density at radius 3 is 1.28 bits per heavy atom. The van der Waals surface area contributed by atoms with Crippen molar-refractivity contribution in [3.63, 3.8) is 0 Å². The van der Waals surface area contributed by atoms with E-state index in [0.29, 0.717) is 44.2 Å². The molecule has 0 radical (unpaired) electrons. The summed E-state index contributed by atoms with van der Waals surface area (Å²) in [5, 5.41) is -0.983. The highest BCUT2D eigenvalue weighted by atomic mass is 16.3. The van der Waals surface area contributed by atoms with Crippen LogP contribution in [0.2, 0.25) is 0 Å². The van der Waals surface area contributed by atoms with E-state index in [9.17, 15) is 15.1 Å². The SMILES string of the molecule is [2H]c1c([2H])c([2H])c(-c2c([2H])c([2H])c([2H])c3oc4c([2H])c(-c5nc(-c6ccccc6)nc(-n6c7c([2H])c([2H])c([2H])c([2H])c7c7c8c(oc9c([2H])c([2H])c([2H])c([2H])c98)c([2H])c([2H])c76)n5)c([2H])c([2H])c4c23)c([2H])c1[2H].[2H]c1c([2H])c([2H])c(-c2cccc3oc4cc(-c5nc(-c6ccccc6)nc(-n6c7c([2H])c([2H])c([2H])c([2H])c7c7c8c(oc9c([2H])c([2H])c([2H])c([2H])c98)c([2H])c([2H])c76)n5)ccc4c23)c([2H])c1[2H]. The van der Waals surface area contributed by atoms with E-state index in [-0.39, 0.29) is 139 Å². The molecule has 0 amide bonds. The van der Waals surface area contributed by atoms with Crippen molar-refractivity contribution in [2.24, 2.45) is 0 Å². The van der Waals surface area contributed by atoms with E-state index in [2.05, 4.69) is 9.97 Å². The predicted octanol–water partition coefficient (Wildman–Crippen LogP) is 23.5. The molecule has 0 N–H and O–H groups in total. The predicted molar refractivity (Wildman–Crippen MR) is 410 cm³/mol. The highest BCUT2D eigenvalue weighted by Crippen LogP contribution is 2.45. The van der Waals surface area contributed by atoms with Gasteiger partial charge < -0.3 is 17.7 Å². The maximum atomic E-state index is 9.61. The van der Waals surface area contributed by atoms with Gasteiger partial charge in [0.25, 0.3) is 0 Å². The monoisotopic (exact) mass is 1340 g/mol. The van der Waals surface area contributed by atoms with E-state index >= 15 is 0 Å². The Hall–Kier alpha value is -14.1. The minimum Gasteiger partial charge on any atom is -0.456 e. The Bertz CT molecular complexity index is 9390. The van der Waals surface area contributed by atoms with Gasteiger partial charge in [0.1, 0.15) is 44.7 Å². The van der Waals surface area contributed by atoms with Crippen LogP contribution in [-0.4, -0.2) is 39.0 Å². The van der Waals surface area contributed by atoms with Gasteiger partial charge in [-0.3, -0.25) is 9.13 Å². The lowest BCUT2D eigenvalue weighted by molar-refractivity contribution is 0.668. The lowest BCUT2D eigenvalue weighted by atomic mass is 9.99. The number of aromatic nitrogens is 8. The number of furan rings is 4. The van der Waals surface area contributed by atoms with Crippen LogP contribution in [0.15, 0.2) is 332 Å². The third-order valence-electron chi connectivity index (χ3n) is 17.2. The summed E-state index contributed by atoms with van der Waals surface area (Å²) in [4.78, 5) is 28.5. The fourth-order valence-electron chi connectivity index (χ4n) is 12.9. The van der Waals surface area contributed by atoms with E-state index in [0.717, 1.165) is 4.57 Å². The number of hydrogen-bond donors (Lipinski definition) is 0. The molecule has 476 valence electrons. The Labute approximate surface area is 630 Å². The van der Waals surface area contributed by atoms with Crippen molar-refractivity contribution in [2.75, 3.05) is 0 Å². The Morgan fingerprint density at radius 2 is 0.696 bits per heavy atom. The quantitative estimate of drug-likeness (QED) is 0.144. The maximum Gasteiger partial charge on any atom is 0.238 e. The third-order valence-corrected chi connectivity index (χ3v) is 17.2. The lowest BCUT2D eigenvalue weighted by Crippen LogP contribution is -2.06. The topological polar surface area (TPSA) is 140 Å². The first kappa shape index (κ1) is 32.1. The Morgan fingerprint density at radius 1 is 0.235 bits per heavy atom. The average molecular weight is 1350 g/mol. The minimum atomic E-state index is -0.783. The summed E-state index contributed by atoms with van der Waals surface area (Å²) in [6, 6.07) is 4.13. The summed E-state index contributed by atoms with van der Waals surface area (Å²) in [6.07, 6.45) is 0. The minimum absolute atomic E-state index is 0.00258. The van der Waals surface area contributed by atoms with Crippen LogP contribution < -0.4 is 0 Å². The normalized spacial score (nSPS) is 16.9. The highest BCUT2D eigenvalue weighted by molar-refractivity contribution is 6.29. The number of nitrogens with zero attached hydrogens (tertiary/aromatic N) is 8. The zero-order valence-electron chi connectivity index (χ0n) is 87.4. The van der Waals surface area contributed by atoms with Crippen molar-refractivity contribution in [1.29, 1.82) is 0 Å². The molecule has 0 aliphatic rings. The summed E-state index contributed by atoms with van der Waals surface area (Å²) in [7, 11) is 0. The van der Waals surface area contributed by atoms with Gasteiger partial charge in [0.05, 0.1) is 71.4 Å². The molecule has 22 aromatic rings. The first-order chi connectivity index (χ1) is 65.5. The summed E-state index contributed by atoms with van der Waals surface area (Å²) >= 11 is 0. The van der Waals surface area contributed by atoms with Crippen molar-refractivity contribution in [2.45, 2.75) is 0 Å². The summed E-state index contributed by atoms with van der Waals surface area (Å²) in [6.45, 7) is 0. The van der Waals surface area contributed by atoms with Gasteiger partial charge in [0, 0.05) is 86.9 Å². The van der Waals surface area contributed by atoms with Crippen LogP contribution in [-0.2, 0) is 0 Å². The van der Waals surface area contributed by atoms with E-state index in [1.54, 1.807) is 97.1 Å². The van der Waals surface area contributed by atoms with Gasteiger partial charge in [-0.05, 0) is 107 Å². The molecule has 14 aromatic carbocycles. The van der Waals surface area contributed by atoms with Gasteiger partial charge in [0.2, 0.25) is 11.9 Å². The fourth-order valence-corrected chi connectivity index (χ4v) is 12.9. The van der Waals surface area contributed by atoms with Crippen LogP contribution in [0.4, 0.5) is 0 Å². The van der Waals surface area contributed by atoms with Crippen molar-refractivity contribution >= 4 is 131 Å². The molecular formula is C90H52N8O4. The van der Waals surface area contributed by atoms with Gasteiger partial charge in [-0.25, -0.2) is 9.97 Å². The van der Waals surface area contributed by atoms with Crippen molar-refractivity contribution in [3.05, 3.63) is 315 Å². The number of hydrogen-bond acceptors (Lipinski definition) is 10. The van der Waals surface area contributed by atoms with E-state index in [1.807, 2.05) is 0 Å². The Kier molecular flexibility index (Phi) is 7.15. The molecule has 8 aromatic heterocycles. The van der Waals surface area contributed by atoms with Crippen LogP contribution in [0.3, 0.4) is 0 Å². The molecule has 0 bridgehead atoms. The van der Waals surface area contributed by atoms with Crippen LogP contribution in [0.1, 0.15) is 49.3 Å². The van der Waals surface area contributed by atoms with Gasteiger partial charge in [-0.15, -0.1) is 0 Å². The van der Waals surface area contributed by atoms with Gasteiger partial charge >= 0.3 is 0 Å². The largest absolute Gasteiger partial charge is 0.456 e. The van der Waals surface area contributed by atoms with Crippen LogP contribution in [0, 0.1) is 0 Å². The zero-order valence-corrected chi connectivity index (χ0v) is 51.4. The molecule has 22 rings (SSSR count). The molecule has 0 spiro atoms. The zero-order chi connectivity index (χ0) is 98.3. The molecule has 0 aliphatic carbocycles. The number of benzene rings is 14. The standard InChI is InChI=1S/2C45H26N4O2/c2*1-3-12-27(13-4-1)30-18-11-21-37-40(30)33-23-22-29(26-39(33)51-37)44-46-43(28-14-5-2-6-15-28)47-45(48-44)49-34-19-9-7-16-31(34)41-35(49)24-25-38-42(41)32-17-8-10-20-36(32)50-38/h2*1-26H/i1D,3D,4D,7D,8D,9D,10D,11D,12D,13D,16D,17D,18D,19D,20D,21D,22D,23D,24D,25D,26D;1D,3D,4D,7D,8D,9D,10D,12D,13D,16D,17D,19D,20D,24D,25D.